The zero-order chi connectivity index (χ0) is 14.9. The molecule has 0 spiro atoms. The molecule has 0 aliphatic rings. The van der Waals surface area contributed by atoms with Gasteiger partial charge in [0.05, 0.1) is 17.3 Å². The van der Waals surface area contributed by atoms with Gasteiger partial charge in [-0.3, -0.25) is 9.48 Å². The highest BCUT2D eigenvalue weighted by Gasteiger charge is 2.19. The van der Waals surface area contributed by atoms with Crippen LogP contribution in [0, 0.1) is 11.6 Å². The van der Waals surface area contributed by atoms with Crippen molar-refractivity contribution in [2.45, 2.75) is 0 Å². The number of rotatable bonds is 3. The van der Waals surface area contributed by atoms with Gasteiger partial charge < -0.3 is 11.1 Å². The number of nitrogens with one attached hydrogen (secondary N) is 1. The van der Waals surface area contributed by atoms with Crippen molar-refractivity contribution >= 4 is 28.9 Å². The molecule has 0 unspecified atom stereocenters. The second-order valence-electron chi connectivity index (χ2n) is 3.95. The first-order valence-electron chi connectivity index (χ1n) is 5.49. The molecule has 20 heavy (non-hydrogen) atoms. The quantitative estimate of drug-likeness (QED) is 0.844. The molecule has 5 nitrogen and oxygen atoms in total. The molecule has 3 N–H and O–H groups in total. The van der Waals surface area contributed by atoms with Gasteiger partial charge in [-0.2, -0.15) is 5.10 Å². The molecule has 0 radical (unpaired) electrons. The number of benzene rings is 1. The third-order valence-corrected chi connectivity index (χ3v) is 2.85. The second-order valence-corrected chi connectivity index (χ2v) is 4.39. The molecule has 1 aromatic heterocycles. The standard InChI is InChI=1S/C12H10F2N4OS/c1-18-11(7(5-16-18)10(15)20)17-12(19)6-3-2-4-8(13)9(6)14/h2-5H,1H3,(H2,15,20)(H,17,19). The fourth-order valence-electron chi connectivity index (χ4n) is 1.62. The molecule has 0 saturated carbocycles. The highest BCUT2D eigenvalue weighted by atomic mass is 32.1. The van der Waals surface area contributed by atoms with Crippen LogP contribution in [0.1, 0.15) is 15.9 Å². The van der Waals surface area contributed by atoms with Crippen molar-refractivity contribution in [1.82, 2.24) is 9.78 Å². The van der Waals surface area contributed by atoms with E-state index in [0.717, 1.165) is 6.07 Å². The van der Waals surface area contributed by atoms with Crippen molar-refractivity contribution in [3.05, 3.63) is 47.2 Å². The van der Waals surface area contributed by atoms with Crippen molar-refractivity contribution in [3.8, 4) is 0 Å². The van der Waals surface area contributed by atoms with E-state index in [0.29, 0.717) is 5.56 Å². The summed E-state index contributed by atoms with van der Waals surface area (Å²) in [6.07, 6.45) is 1.37. The Balaban J connectivity index is 2.35. The first-order chi connectivity index (χ1) is 9.41. The zero-order valence-electron chi connectivity index (χ0n) is 10.4. The smallest absolute Gasteiger partial charge is 0.259 e. The van der Waals surface area contributed by atoms with Crippen LogP contribution in [0.15, 0.2) is 24.4 Å². The number of hydrogen-bond donors (Lipinski definition) is 2. The first-order valence-corrected chi connectivity index (χ1v) is 5.89. The number of carbonyl (C=O) groups is 1. The van der Waals surface area contributed by atoms with Crippen LogP contribution in [0.2, 0.25) is 0 Å². The number of carbonyl (C=O) groups excluding carboxylic acids is 1. The molecule has 104 valence electrons. The fraction of sp³-hybridized carbons (Fsp3) is 0.0833. The lowest BCUT2D eigenvalue weighted by atomic mass is 10.2. The summed E-state index contributed by atoms with van der Waals surface area (Å²) in [5.74, 6) is -2.92. The fourth-order valence-corrected chi connectivity index (χ4v) is 1.77. The maximum absolute atomic E-state index is 13.5. The molecule has 0 fully saturated rings. The van der Waals surface area contributed by atoms with Gasteiger partial charge in [0, 0.05) is 7.05 Å². The SMILES string of the molecule is Cn1ncc(C(N)=S)c1NC(=O)c1cccc(F)c1F. The summed E-state index contributed by atoms with van der Waals surface area (Å²) in [5, 5.41) is 6.30. The van der Waals surface area contributed by atoms with Gasteiger partial charge in [0.15, 0.2) is 11.6 Å². The van der Waals surface area contributed by atoms with Gasteiger partial charge in [-0.05, 0) is 12.1 Å². The van der Waals surface area contributed by atoms with Crippen LogP contribution in [0.25, 0.3) is 0 Å². The van der Waals surface area contributed by atoms with E-state index in [2.05, 4.69) is 10.4 Å². The summed E-state index contributed by atoms with van der Waals surface area (Å²) >= 11 is 4.82. The van der Waals surface area contributed by atoms with E-state index in [9.17, 15) is 13.6 Å². The second kappa shape index (κ2) is 5.33. The Bertz CT molecular complexity index is 699. The van der Waals surface area contributed by atoms with Crippen LogP contribution in [0.5, 0.6) is 0 Å². The predicted molar refractivity (Wildman–Crippen MR) is 73.4 cm³/mol. The lowest BCUT2D eigenvalue weighted by molar-refractivity contribution is 0.102. The Hall–Kier alpha value is -2.35. The molecule has 2 rings (SSSR count). The monoisotopic (exact) mass is 296 g/mol. The van der Waals surface area contributed by atoms with E-state index >= 15 is 0 Å². The number of halogens is 2. The molecule has 0 bridgehead atoms. The summed E-state index contributed by atoms with van der Waals surface area (Å²) in [6, 6.07) is 3.34. The molecule has 0 aliphatic heterocycles. The normalized spacial score (nSPS) is 10.3. The molecule has 0 atom stereocenters. The van der Waals surface area contributed by atoms with Gasteiger partial charge in [-0.1, -0.05) is 18.3 Å². The zero-order valence-corrected chi connectivity index (χ0v) is 11.2. The third kappa shape index (κ3) is 2.50. The highest BCUT2D eigenvalue weighted by molar-refractivity contribution is 7.80. The van der Waals surface area contributed by atoms with E-state index in [1.165, 1.54) is 23.0 Å². The average Bonchev–Trinajstić information content (AvgIpc) is 2.74. The van der Waals surface area contributed by atoms with E-state index in [1.54, 1.807) is 7.05 Å². The average molecular weight is 296 g/mol. The molecule has 1 amide bonds. The summed E-state index contributed by atoms with van der Waals surface area (Å²) in [7, 11) is 1.55. The van der Waals surface area contributed by atoms with Gasteiger partial charge >= 0.3 is 0 Å². The Morgan fingerprint density at radius 3 is 2.75 bits per heavy atom. The molecular formula is C12H10F2N4OS. The number of aromatic nitrogens is 2. The van der Waals surface area contributed by atoms with Gasteiger partial charge in [-0.15, -0.1) is 0 Å². The lowest BCUT2D eigenvalue weighted by Crippen LogP contribution is -2.20. The number of amides is 1. The minimum atomic E-state index is -1.22. The largest absolute Gasteiger partial charge is 0.389 e. The molecule has 0 saturated heterocycles. The molecule has 2 aromatic rings. The summed E-state index contributed by atoms with van der Waals surface area (Å²) < 4.78 is 27.9. The van der Waals surface area contributed by atoms with Crippen molar-refractivity contribution in [3.63, 3.8) is 0 Å². The maximum Gasteiger partial charge on any atom is 0.259 e. The Labute approximate surface area is 118 Å². The van der Waals surface area contributed by atoms with E-state index in [1.807, 2.05) is 0 Å². The number of anilines is 1. The van der Waals surface area contributed by atoms with Crippen LogP contribution >= 0.6 is 12.2 Å². The van der Waals surface area contributed by atoms with Gasteiger partial charge in [0.25, 0.3) is 5.91 Å². The van der Waals surface area contributed by atoms with Gasteiger partial charge in [0.2, 0.25) is 0 Å². The third-order valence-electron chi connectivity index (χ3n) is 2.63. The summed E-state index contributed by atoms with van der Waals surface area (Å²) in [6.45, 7) is 0. The minimum Gasteiger partial charge on any atom is -0.389 e. The topological polar surface area (TPSA) is 72.9 Å². The number of thiocarbonyl (C=S) groups is 1. The van der Waals surface area contributed by atoms with Crippen LogP contribution < -0.4 is 11.1 Å². The molecular weight excluding hydrogens is 286 g/mol. The maximum atomic E-state index is 13.5. The molecule has 1 heterocycles. The summed E-state index contributed by atoms with van der Waals surface area (Å²) in [4.78, 5) is 12.0. The Morgan fingerprint density at radius 2 is 2.10 bits per heavy atom. The number of hydrogen-bond acceptors (Lipinski definition) is 3. The summed E-state index contributed by atoms with van der Waals surface area (Å²) in [5.41, 5.74) is 5.41. The molecule has 8 heteroatoms. The van der Waals surface area contributed by atoms with E-state index in [4.69, 9.17) is 18.0 Å². The van der Waals surface area contributed by atoms with Crippen LogP contribution in [-0.4, -0.2) is 20.7 Å². The predicted octanol–water partition coefficient (Wildman–Crippen LogP) is 1.58. The number of nitrogens with zero attached hydrogens (tertiary/aromatic N) is 2. The van der Waals surface area contributed by atoms with Crippen LogP contribution in [-0.2, 0) is 7.05 Å². The Morgan fingerprint density at radius 1 is 1.40 bits per heavy atom. The first kappa shape index (κ1) is 14.1. The van der Waals surface area contributed by atoms with E-state index in [-0.39, 0.29) is 10.8 Å². The minimum absolute atomic E-state index is 0.0353. The van der Waals surface area contributed by atoms with Crippen molar-refractivity contribution in [2.24, 2.45) is 12.8 Å². The van der Waals surface area contributed by atoms with Crippen LogP contribution in [0.4, 0.5) is 14.6 Å². The van der Waals surface area contributed by atoms with Crippen molar-refractivity contribution < 1.29 is 13.6 Å². The molecule has 1 aromatic carbocycles. The number of nitrogens with two attached hydrogens (primary N) is 1. The van der Waals surface area contributed by atoms with Crippen molar-refractivity contribution in [1.29, 1.82) is 0 Å². The van der Waals surface area contributed by atoms with Crippen LogP contribution in [0.3, 0.4) is 0 Å². The van der Waals surface area contributed by atoms with Gasteiger partial charge in [-0.25, -0.2) is 8.78 Å². The van der Waals surface area contributed by atoms with E-state index < -0.39 is 23.1 Å². The Kier molecular flexibility index (Phi) is 3.75. The van der Waals surface area contributed by atoms with Crippen molar-refractivity contribution in [2.75, 3.05) is 5.32 Å². The highest BCUT2D eigenvalue weighted by Crippen LogP contribution is 2.17. The molecule has 0 aliphatic carbocycles. The van der Waals surface area contributed by atoms with Gasteiger partial charge in [0.1, 0.15) is 10.8 Å². The number of aryl methyl sites for hydroxylation is 1. The lowest BCUT2D eigenvalue weighted by Gasteiger charge is -2.08.